The van der Waals surface area contributed by atoms with Crippen LogP contribution in [0.25, 0.3) is 0 Å². The van der Waals surface area contributed by atoms with Crippen molar-refractivity contribution in [2.45, 2.75) is 44.6 Å². The number of nitrogens with two attached hydrogens (primary N) is 1. The third-order valence-electron chi connectivity index (χ3n) is 5.04. The summed E-state index contributed by atoms with van der Waals surface area (Å²) < 4.78 is 44.2. The number of nitrogens with one attached hydrogen (secondary N) is 2. The molecule has 2 aliphatic heterocycles. The normalized spacial score (nSPS) is 24.9. The molecule has 0 aliphatic carbocycles. The zero-order chi connectivity index (χ0) is 22.1. The fourth-order valence-electron chi connectivity index (χ4n) is 3.26. The summed E-state index contributed by atoms with van der Waals surface area (Å²) in [6.45, 7) is 3.69. The number of hydrogen-bond donors (Lipinski definition) is 3. The first-order chi connectivity index (χ1) is 14.1. The summed E-state index contributed by atoms with van der Waals surface area (Å²) in [5, 5.41) is 5.97. The number of ether oxygens (including phenoxy) is 1. The highest BCUT2D eigenvalue weighted by Crippen LogP contribution is 2.32. The summed E-state index contributed by atoms with van der Waals surface area (Å²) in [5.41, 5.74) is 5.19. The van der Waals surface area contributed by atoms with E-state index in [9.17, 15) is 18.0 Å². The minimum Gasteiger partial charge on any atom is -0.405 e. The maximum absolute atomic E-state index is 12.9. The van der Waals surface area contributed by atoms with Crippen LogP contribution in [0.2, 0.25) is 0 Å². The Morgan fingerprint density at radius 2 is 2.23 bits per heavy atom. The number of carbonyl (C=O) groups is 1. The number of allylic oxidation sites excluding steroid dienone is 1. The monoisotopic (exact) mass is 431 g/mol. The van der Waals surface area contributed by atoms with Gasteiger partial charge in [0, 0.05) is 9.90 Å². The number of likely N-dealkylation sites (N-methyl/N-ethyl adjacent to an activating group) is 1. The topological polar surface area (TPSA) is 118 Å². The average molecular weight is 431 g/mol. The average Bonchev–Trinajstić information content (AvgIpc) is 3.11. The molecule has 2 aliphatic rings. The van der Waals surface area contributed by atoms with Gasteiger partial charge in [-0.3, -0.25) is 9.79 Å². The van der Waals surface area contributed by atoms with Gasteiger partial charge in [-0.2, -0.15) is 18.2 Å². The number of anilines is 3. The Kier molecular flexibility index (Phi) is 6.15. The van der Waals surface area contributed by atoms with Gasteiger partial charge in [-0.15, -0.1) is 0 Å². The van der Waals surface area contributed by atoms with E-state index in [1.807, 2.05) is 0 Å². The molecule has 0 spiro atoms. The van der Waals surface area contributed by atoms with Crippen LogP contribution in [0.3, 0.4) is 0 Å². The summed E-state index contributed by atoms with van der Waals surface area (Å²) in [5.74, 6) is 0.828. The lowest BCUT2D eigenvalue weighted by molar-refractivity contribution is -0.117. The molecule has 9 nitrogen and oxygen atoms in total. The molecule has 168 valence electrons. The smallest absolute Gasteiger partial charge is 0.405 e. The molecule has 0 aromatic carbocycles. The summed E-state index contributed by atoms with van der Waals surface area (Å²) in [6, 6.07) is -0.551. The lowest BCUT2D eigenvalue weighted by atomic mass is 10.1. The molecule has 0 radical (unpaired) electrons. The second-order valence-corrected chi connectivity index (χ2v) is 7.22. The third kappa shape index (κ3) is 4.64. The van der Waals surface area contributed by atoms with Gasteiger partial charge in [-0.25, -0.2) is 4.98 Å². The molecule has 3 heterocycles. The SMILES string of the molecule is Cc1nc(N[C@H]2CO[C@H](CN=C(/C=C\N)C(F)(F)F)C2)nc2c1NC(=O)[C@H](C)N2C.[HH].[HH]. The van der Waals surface area contributed by atoms with Crippen LogP contribution in [0.4, 0.5) is 30.6 Å². The van der Waals surface area contributed by atoms with E-state index in [-0.39, 0.29) is 34.0 Å². The van der Waals surface area contributed by atoms with Gasteiger partial charge in [0.05, 0.1) is 31.0 Å². The molecular formula is C18H28F3N7O2. The van der Waals surface area contributed by atoms with Crippen LogP contribution in [-0.2, 0) is 9.53 Å². The van der Waals surface area contributed by atoms with Crippen molar-refractivity contribution in [1.82, 2.24) is 9.97 Å². The number of aromatic nitrogens is 2. The van der Waals surface area contributed by atoms with Crippen molar-refractivity contribution in [3.05, 3.63) is 18.0 Å². The number of carbonyl (C=O) groups excluding carboxylic acids is 1. The van der Waals surface area contributed by atoms with Crippen LogP contribution < -0.4 is 21.3 Å². The van der Waals surface area contributed by atoms with Crippen molar-refractivity contribution >= 4 is 29.1 Å². The van der Waals surface area contributed by atoms with Crippen LogP contribution in [0.5, 0.6) is 0 Å². The molecule has 1 aromatic heterocycles. The number of alkyl halides is 3. The number of aliphatic imine (C=N–C) groups is 1. The first-order valence-corrected chi connectivity index (χ1v) is 9.40. The Morgan fingerprint density at radius 3 is 2.90 bits per heavy atom. The van der Waals surface area contributed by atoms with Gasteiger partial charge >= 0.3 is 6.18 Å². The van der Waals surface area contributed by atoms with E-state index < -0.39 is 18.0 Å². The number of halogens is 3. The Labute approximate surface area is 174 Å². The van der Waals surface area contributed by atoms with Gasteiger partial charge in [-0.1, -0.05) is 0 Å². The number of amides is 1. The number of rotatable bonds is 5. The van der Waals surface area contributed by atoms with Crippen LogP contribution in [0.15, 0.2) is 17.3 Å². The van der Waals surface area contributed by atoms with Gasteiger partial charge in [-0.05, 0) is 32.5 Å². The van der Waals surface area contributed by atoms with E-state index in [1.54, 1.807) is 25.8 Å². The second kappa shape index (κ2) is 8.46. The zero-order valence-corrected chi connectivity index (χ0v) is 16.8. The Hall–Kier alpha value is -2.89. The van der Waals surface area contributed by atoms with Crippen LogP contribution in [-0.4, -0.2) is 66.2 Å². The number of fused-ring (bicyclic) bond motifs is 1. The molecule has 12 heteroatoms. The molecule has 30 heavy (non-hydrogen) atoms. The molecular weight excluding hydrogens is 403 g/mol. The van der Waals surface area contributed by atoms with Gasteiger partial charge in [0.2, 0.25) is 11.9 Å². The Balaban J connectivity index is 0.00000256. The summed E-state index contributed by atoms with van der Waals surface area (Å²) in [7, 11) is 1.78. The van der Waals surface area contributed by atoms with Gasteiger partial charge < -0.3 is 26.0 Å². The summed E-state index contributed by atoms with van der Waals surface area (Å²) in [6.07, 6.45) is -3.05. The largest absolute Gasteiger partial charge is 0.432 e. The Bertz CT molecular complexity index is 883. The Morgan fingerprint density at radius 1 is 1.50 bits per heavy atom. The second-order valence-electron chi connectivity index (χ2n) is 7.22. The fraction of sp³-hybridized carbons (Fsp3) is 0.556. The molecule has 3 rings (SSSR count). The van der Waals surface area contributed by atoms with E-state index in [0.717, 1.165) is 12.3 Å². The minimum atomic E-state index is -4.57. The first-order valence-electron chi connectivity index (χ1n) is 9.40. The van der Waals surface area contributed by atoms with E-state index in [2.05, 4.69) is 25.6 Å². The number of aryl methyl sites for hydroxylation is 1. The summed E-state index contributed by atoms with van der Waals surface area (Å²) in [4.78, 5) is 26.2. The highest BCUT2D eigenvalue weighted by atomic mass is 19.4. The lowest BCUT2D eigenvalue weighted by Gasteiger charge is -2.32. The maximum Gasteiger partial charge on any atom is 0.432 e. The predicted octanol–water partition coefficient (Wildman–Crippen LogP) is 2.10. The van der Waals surface area contributed by atoms with Gasteiger partial charge in [0.15, 0.2) is 5.82 Å². The van der Waals surface area contributed by atoms with E-state index in [4.69, 9.17) is 10.5 Å². The van der Waals surface area contributed by atoms with Crippen molar-refractivity contribution in [2.24, 2.45) is 10.7 Å². The van der Waals surface area contributed by atoms with Crippen molar-refractivity contribution < 1.29 is 25.6 Å². The van der Waals surface area contributed by atoms with E-state index >= 15 is 0 Å². The molecule has 1 amide bonds. The zero-order valence-electron chi connectivity index (χ0n) is 16.8. The standard InChI is InChI=1S/C18H24F3N7O2.2H2/c1-9-14-15(28(3)10(2)16(29)26-14)27-17(24-9)25-11-6-12(30-8-11)7-23-13(4-5-22)18(19,20)21;;/h4-5,10-12H,6-8,22H2,1-3H3,(H,26,29)(H,24,25,27);2*1H/b5-4-,23-13?;;/t10-,11+,12-;;/m0../s1. The van der Waals surface area contributed by atoms with Crippen molar-refractivity contribution in [3.8, 4) is 0 Å². The quantitative estimate of drug-likeness (QED) is 0.611. The number of nitrogens with zero attached hydrogens (tertiary/aromatic N) is 4. The fourth-order valence-corrected chi connectivity index (χ4v) is 3.26. The van der Waals surface area contributed by atoms with E-state index in [1.165, 1.54) is 0 Å². The number of hydrogen-bond acceptors (Lipinski definition) is 8. The van der Waals surface area contributed by atoms with Gasteiger partial charge in [0.1, 0.15) is 17.4 Å². The van der Waals surface area contributed by atoms with Crippen LogP contribution in [0, 0.1) is 6.92 Å². The molecule has 0 bridgehead atoms. The molecule has 1 saturated heterocycles. The van der Waals surface area contributed by atoms with Crippen molar-refractivity contribution in [3.63, 3.8) is 0 Å². The molecule has 0 saturated carbocycles. The summed E-state index contributed by atoms with van der Waals surface area (Å²) >= 11 is 0. The van der Waals surface area contributed by atoms with Crippen LogP contribution >= 0.6 is 0 Å². The molecule has 1 aromatic rings. The van der Waals surface area contributed by atoms with Gasteiger partial charge in [0.25, 0.3) is 0 Å². The highest BCUT2D eigenvalue weighted by molar-refractivity contribution is 6.03. The van der Waals surface area contributed by atoms with Crippen molar-refractivity contribution in [1.29, 1.82) is 0 Å². The predicted molar refractivity (Wildman–Crippen MR) is 111 cm³/mol. The first kappa shape index (κ1) is 21.8. The molecule has 1 fully saturated rings. The van der Waals surface area contributed by atoms with E-state index in [0.29, 0.717) is 29.6 Å². The molecule has 0 unspecified atom stereocenters. The highest BCUT2D eigenvalue weighted by Gasteiger charge is 2.35. The maximum atomic E-state index is 12.9. The lowest BCUT2D eigenvalue weighted by Crippen LogP contribution is -2.45. The molecule has 4 N–H and O–H groups in total. The van der Waals surface area contributed by atoms with Crippen molar-refractivity contribution in [2.75, 3.05) is 35.7 Å². The molecule has 3 atom stereocenters. The third-order valence-corrected chi connectivity index (χ3v) is 5.04. The van der Waals surface area contributed by atoms with Crippen LogP contribution in [0.1, 0.15) is 21.9 Å². The minimum absolute atomic E-state index is 0.